The van der Waals surface area contributed by atoms with Gasteiger partial charge in [0, 0.05) is 0 Å². The van der Waals surface area contributed by atoms with Crippen molar-refractivity contribution in [3.05, 3.63) is 0 Å². The zero-order valence-corrected chi connectivity index (χ0v) is 10.1. The predicted octanol–water partition coefficient (Wildman–Crippen LogP) is -7.54. The van der Waals surface area contributed by atoms with Crippen molar-refractivity contribution in [3.63, 3.8) is 0 Å². The molecule has 10 nitrogen and oxygen atoms in total. The van der Waals surface area contributed by atoms with Crippen molar-refractivity contribution in [1.29, 1.82) is 0 Å². The van der Waals surface area contributed by atoms with E-state index in [1.165, 1.54) is 0 Å². The molecule has 2 saturated heterocycles. The van der Waals surface area contributed by atoms with Gasteiger partial charge in [0.25, 0.3) is 0 Å². The van der Waals surface area contributed by atoms with E-state index >= 15 is 0 Å². The topological polar surface area (TPSA) is 136 Å². The molecule has 0 radical (unpaired) electrons. The summed E-state index contributed by atoms with van der Waals surface area (Å²) in [4.78, 5) is 0. The second kappa shape index (κ2) is 5.71. The van der Waals surface area contributed by atoms with Gasteiger partial charge in [-0.15, -0.1) is 0 Å². The van der Waals surface area contributed by atoms with E-state index in [-0.39, 0.29) is 29.6 Å². The molecule has 1 spiro atoms. The van der Waals surface area contributed by atoms with Crippen LogP contribution in [0.4, 0.5) is 0 Å². The first-order chi connectivity index (χ1) is 6.99. The molecule has 0 unspecified atom stereocenters. The van der Waals surface area contributed by atoms with E-state index in [1.807, 2.05) is 0 Å². The Kier molecular flexibility index (Phi) is 5.35. The Hall–Kier alpha value is 0.925. The van der Waals surface area contributed by atoms with Crippen molar-refractivity contribution in [2.75, 3.05) is 0 Å². The zero-order valence-electron chi connectivity index (χ0n) is 8.13. The van der Waals surface area contributed by atoms with Crippen LogP contribution in [0.1, 0.15) is 0 Å². The largest absolute Gasteiger partial charge is 1.00 e. The Labute approximate surface area is 113 Å². The quantitative estimate of drug-likeness (QED) is 0.302. The van der Waals surface area contributed by atoms with Crippen LogP contribution in [0.25, 0.3) is 0 Å². The summed E-state index contributed by atoms with van der Waals surface area (Å²) in [7, 11) is -7.59. The maximum Gasteiger partial charge on any atom is 1.00 e. The molecule has 16 heavy (non-hydrogen) atoms. The molecule has 2 aliphatic rings. The summed E-state index contributed by atoms with van der Waals surface area (Å²) in [6.45, 7) is -3.21. The number of hydrogen-bond acceptors (Lipinski definition) is 10. The maximum atomic E-state index is 8.94. The predicted molar refractivity (Wildman–Crippen MR) is 44.2 cm³/mol. The van der Waals surface area contributed by atoms with Crippen molar-refractivity contribution < 1.29 is 77.1 Å². The van der Waals surface area contributed by atoms with Crippen molar-refractivity contribution >= 4 is 36.2 Å². The average Bonchev–Trinajstić information content (AvgIpc) is 1.96. The van der Waals surface area contributed by atoms with Crippen LogP contribution in [0.5, 0.6) is 0 Å². The van der Waals surface area contributed by atoms with Gasteiger partial charge in [0.1, 0.15) is 0 Å². The van der Waals surface area contributed by atoms with E-state index in [2.05, 4.69) is 27.4 Å². The van der Waals surface area contributed by atoms with Crippen LogP contribution in [0, 0.1) is 0 Å². The maximum absolute atomic E-state index is 8.94. The van der Waals surface area contributed by atoms with E-state index in [4.69, 9.17) is 20.1 Å². The van der Waals surface area contributed by atoms with Gasteiger partial charge in [-0.05, 0) is 0 Å². The molecule has 16 heteroatoms. The summed E-state index contributed by atoms with van der Waals surface area (Å²) in [6, 6.07) is 0. The summed E-state index contributed by atoms with van der Waals surface area (Å²) in [5, 5.41) is 35.7. The van der Waals surface area contributed by atoms with Crippen LogP contribution in [0.3, 0.4) is 0 Å². The Morgan fingerprint density at radius 2 is 0.875 bits per heavy atom. The van der Waals surface area contributed by atoms with Crippen LogP contribution in [-0.2, 0) is 27.4 Å². The standard InChI is InChI=1S/B5H4O10.Na/c6-1-10-2(7)13-5(12-1)14-3(8)11-4(9)15-5;/h6-9H;/q-1;+1. The summed E-state index contributed by atoms with van der Waals surface area (Å²) in [5.74, 6) is 0. The summed E-state index contributed by atoms with van der Waals surface area (Å²) < 4.78 is 26.4. The molecule has 2 rings (SSSR count). The van der Waals surface area contributed by atoms with E-state index in [0.717, 1.165) is 0 Å². The molecule has 0 saturated carbocycles. The van der Waals surface area contributed by atoms with Gasteiger partial charge in [-0.2, -0.15) is 0 Å². The molecule has 4 N–H and O–H groups in total. The van der Waals surface area contributed by atoms with Crippen LogP contribution >= 0.6 is 0 Å². The first-order valence-electron chi connectivity index (χ1n) is 3.86. The van der Waals surface area contributed by atoms with Gasteiger partial charge in [-0.1, -0.05) is 0 Å². The molecule has 0 aliphatic carbocycles. The monoisotopic (exact) mass is 242 g/mol. The molecular formula is H4B5NaO10. The zero-order chi connectivity index (χ0) is 11.1. The third kappa shape index (κ3) is 3.46. The molecule has 0 bridgehead atoms. The average molecular weight is 241 g/mol. The molecule has 0 aromatic rings. The third-order valence-corrected chi connectivity index (χ3v) is 1.60. The van der Waals surface area contributed by atoms with Crippen LogP contribution in [0.15, 0.2) is 0 Å². The van der Waals surface area contributed by atoms with Crippen molar-refractivity contribution in [1.82, 2.24) is 0 Å². The minimum atomic E-state index is -3.21. The number of hydrogen-bond donors (Lipinski definition) is 4. The molecule has 0 aromatic carbocycles. The van der Waals surface area contributed by atoms with E-state index in [1.54, 1.807) is 0 Å². The van der Waals surface area contributed by atoms with Gasteiger partial charge in [0.05, 0.1) is 0 Å². The van der Waals surface area contributed by atoms with Crippen LogP contribution < -0.4 is 29.6 Å². The fraction of sp³-hybridized carbons (Fsp3) is 0. The Bertz CT molecular complexity index is 190. The van der Waals surface area contributed by atoms with Gasteiger partial charge in [0.15, 0.2) is 0 Å². The van der Waals surface area contributed by atoms with Crippen molar-refractivity contribution in [3.8, 4) is 0 Å². The van der Waals surface area contributed by atoms with Crippen LogP contribution in [-0.4, -0.2) is 56.3 Å². The van der Waals surface area contributed by atoms with Gasteiger partial charge in [0.2, 0.25) is 0 Å². The minimum absolute atomic E-state index is 0. The first kappa shape index (κ1) is 15.0. The number of rotatable bonds is 0. The fourth-order valence-corrected chi connectivity index (χ4v) is 1.09. The van der Waals surface area contributed by atoms with Gasteiger partial charge in [-0.25, -0.2) is 0 Å². The molecule has 0 atom stereocenters. The summed E-state index contributed by atoms with van der Waals surface area (Å²) in [5.41, 5.74) is 0. The Morgan fingerprint density at radius 3 is 1.12 bits per heavy atom. The summed E-state index contributed by atoms with van der Waals surface area (Å²) in [6.07, 6.45) is 0. The second-order valence-corrected chi connectivity index (χ2v) is 2.62. The molecule has 80 valence electrons. The van der Waals surface area contributed by atoms with Gasteiger partial charge in [-0.3, -0.25) is 0 Å². The Morgan fingerprint density at radius 1 is 0.625 bits per heavy atom. The van der Waals surface area contributed by atoms with Gasteiger partial charge < -0.3 is 47.5 Å². The van der Waals surface area contributed by atoms with E-state index in [0.29, 0.717) is 0 Å². The molecule has 0 amide bonds. The molecule has 2 fully saturated rings. The molecule has 2 heterocycles. The molecular weight excluding hydrogens is 237 g/mol. The van der Waals surface area contributed by atoms with E-state index in [9.17, 15) is 0 Å². The minimum Gasteiger partial charge on any atom is -0.539 e. The second-order valence-electron chi connectivity index (χ2n) is 2.62. The third-order valence-electron chi connectivity index (χ3n) is 1.60. The smallest absolute Gasteiger partial charge is 0.539 e. The molecule has 0 aromatic heterocycles. The SMILES string of the molecule is OB1OB(O)O[B-]2(O1)OB(O)OB(O)O2.[Na+]. The van der Waals surface area contributed by atoms with Crippen LogP contribution in [0.2, 0.25) is 0 Å². The van der Waals surface area contributed by atoms with E-state index < -0.39 is 36.2 Å². The Balaban J connectivity index is 0.00000128. The first-order valence-corrected chi connectivity index (χ1v) is 3.86. The molecule has 2 aliphatic heterocycles. The van der Waals surface area contributed by atoms with Crippen molar-refractivity contribution in [2.45, 2.75) is 0 Å². The van der Waals surface area contributed by atoms with Crippen molar-refractivity contribution in [2.24, 2.45) is 0 Å². The normalized spacial score (nSPS) is 24.8. The fourth-order valence-electron chi connectivity index (χ4n) is 1.09. The summed E-state index contributed by atoms with van der Waals surface area (Å²) >= 11 is 0. The van der Waals surface area contributed by atoms with Gasteiger partial charge >= 0.3 is 65.8 Å².